The van der Waals surface area contributed by atoms with Gasteiger partial charge in [-0.1, -0.05) is 13.3 Å². The average molecular weight is 236 g/mol. The second-order valence-corrected chi connectivity index (χ2v) is 4.02. The van der Waals surface area contributed by atoms with Crippen molar-refractivity contribution >= 4 is 0 Å². The molecule has 16 heavy (non-hydrogen) atoms. The largest absolute Gasteiger partial charge is 0.391 e. The molecule has 4 atom stereocenters. The average Bonchev–Trinajstić information content (AvgIpc) is 2.50. The minimum absolute atomic E-state index is 0.0839. The van der Waals surface area contributed by atoms with Crippen LogP contribution >= 0.6 is 0 Å². The van der Waals surface area contributed by atoms with E-state index in [1.54, 1.807) is 0 Å². The summed E-state index contributed by atoms with van der Waals surface area (Å²) in [5, 5.41) is 37.4. The molecule has 6 heteroatoms. The Labute approximate surface area is 94.4 Å². The SMILES string of the molecule is CCCCOC[C@H]1O[C@@](O)(CO)[C@@H](O)[C@@H]1O. The van der Waals surface area contributed by atoms with Crippen molar-refractivity contribution in [3.8, 4) is 0 Å². The van der Waals surface area contributed by atoms with Gasteiger partial charge in [0.1, 0.15) is 18.3 Å². The highest BCUT2D eigenvalue weighted by Crippen LogP contribution is 2.28. The van der Waals surface area contributed by atoms with Gasteiger partial charge in [0.05, 0.1) is 13.2 Å². The Hall–Kier alpha value is -0.240. The third kappa shape index (κ3) is 2.91. The van der Waals surface area contributed by atoms with Crippen LogP contribution in [-0.4, -0.2) is 64.3 Å². The van der Waals surface area contributed by atoms with Crippen LogP contribution in [0.5, 0.6) is 0 Å². The molecule has 1 rings (SSSR count). The molecule has 1 fully saturated rings. The van der Waals surface area contributed by atoms with E-state index in [-0.39, 0.29) is 6.61 Å². The molecule has 0 unspecified atom stereocenters. The molecule has 4 N–H and O–H groups in total. The van der Waals surface area contributed by atoms with Crippen LogP contribution in [0.2, 0.25) is 0 Å². The normalized spacial score (nSPS) is 39.2. The summed E-state index contributed by atoms with van der Waals surface area (Å²) in [4.78, 5) is 0. The summed E-state index contributed by atoms with van der Waals surface area (Å²) < 4.78 is 10.2. The van der Waals surface area contributed by atoms with E-state index < -0.39 is 30.7 Å². The number of aliphatic hydroxyl groups is 4. The fraction of sp³-hybridized carbons (Fsp3) is 1.00. The van der Waals surface area contributed by atoms with Crippen molar-refractivity contribution in [1.29, 1.82) is 0 Å². The predicted molar refractivity (Wildman–Crippen MR) is 54.6 cm³/mol. The van der Waals surface area contributed by atoms with E-state index >= 15 is 0 Å². The highest BCUT2D eigenvalue weighted by molar-refractivity contribution is 4.95. The molecule has 6 nitrogen and oxygen atoms in total. The number of hydrogen-bond acceptors (Lipinski definition) is 6. The Morgan fingerprint density at radius 3 is 2.56 bits per heavy atom. The molecule has 1 heterocycles. The van der Waals surface area contributed by atoms with Crippen LogP contribution in [0.1, 0.15) is 19.8 Å². The molecule has 0 aromatic rings. The Morgan fingerprint density at radius 2 is 2.06 bits per heavy atom. The van der Waals surface area contributed by atoms with E-state index in [1.807, 2.05) is 6.92 Å². The van der Waals surface area contributed by atoms with Crippen LogP contribution in [0.15, 0.2) is 0 Å². The molecule has 0 amide bonds. The summed E-state index contributed by atoms with van der Waals surface area (Å²) in [6.07, 6.45) is -1.69. The van der Waals surface area contributed by atoms with E-state index in [9.17, 15) is 15.3 Å². The zero-order valence-electron chi connectivity index (χ0n) is 9.37. The van der Waals surface area contributed by atoms with Crippen molar-refractivity contribution in [3.05, 3.63) is 0 Å². The third-order valence-electron chi connectivity index (χ3n) is 2.67. The summed E-state index contributed by atoms with van der Waals surface area (Å²) >= 11 is 0. The Morgan fingerprint density at radius 1 is 1.38 bits per heavy atom. The first kappa shape index (κ1) is 13.8. The first-order chi connectivity index (χ1) is 7.55. The summed E-state index contributed by atoms with van der Waals surface area (Å²) in [6, 6.07) is 0. The Bertz CT molecular complexity index is 211. The van der Waals surface area contributed by atoms with Crippen LogP contribution in [0.25, 0.3) is 0 Å². The molecule has 1 aliphatic rings. The molecule has 0 saturated carbocycles. The van der Waals surface area contributed by atoms with Gasteiger partial charge in [-0.25, -0.2) is 0 Å². The standard InChI is InChI=1S/C10H20O6/c1-2-3-4-15-5-7-8(12)9(13)10(14,6-11)16-7/h7-9,11-14H,2-6H2,1H3/t7-,8-,9+,10+/m1/s1. The van der Waals surface area contributed by atoms with Gasteiger partial charge in [-0.2, -0.15) is 0 Å². The molecule has 0 aromatic carbocycles. The van der Waals surface area contributed by atoms with Crippen molar-refractivity contribution in [2.24, 2.45) is 0 Å². The van der Waals surface area contributed by atoms with Crippen LogP contribution in [-0.2, 0) is 9.47 Å². The predicted octanol–water partition coefficient (Wildman–Crippen LogP) is -1.40. The number of hydrogen-bond donors (Lipinski definition) is 4. The van der Waals surface area contributed by atoms with Crippen LogP contribution in [0.3, 0.4) is 0 Å². The molecular weight excluding hydrogens is 216 g/mol. The Kier molecular flexibility index (Phi) is 5.10. The Balaban J connectivity index is 2.39. The van der Waals surface area contributed by atoms with Gasteiger partial charge >= 0.3 is 0 Å². The van der Waals surface area contributed by atoms with Gasteiger partial charge in [0, 0.05) is 6.61 Å². The zero-order valence-corrected chi connectivity index (χ0v) is 9.37. The minimum Gasteiger partial charge on any atom is -0.391 e. The highest BCUT2D eigenvalue weighted by Gasteiger charge is 2.52. The molecule has 0 aromatic heterocycles. The monoisotopic (exact) mass is 236 g/mol. The van der Waals surface area contributed by atoms with Crippen molar-refractivity contribution in [1.82, 2.24) is 0 Å². The van der Waals surface area contributed by atoms with Gasteiger partial charge in [0.25, 0.3) is 0 Å². The molecule has 96 valence electrons. The second-order valence-electron chi connectivity index (χ2n) is 4.02. The molecule has 0 bridgehead atoms. The summed E-state index contributed by atoms with van der Waals surface area (Å²) in [5.41, 5.74) is 0. The van der Waals surface area contributed by atoms with Gasteiger partial charge < -0.3 is 29.9 Å². The smallest absolute Gasteiger partial charge is 0.219 e. The molecule has 0 spiro atoms. The lowest BCUT2D eigenvalue weighted by Gasteiger charge is -2.22. The summed E-state index contributed by atoms with van der Waals surface area (Å²) in [6.45, 7) is 1.88. The number of aliphatic hydroxyl groups excluding tert-OH is 3. The quantitative estimate of drug-likeness (QED) is 0.424. The first-order valence-electron chi connectivity index (χ1n) is 5.50. The van der Waals surface area contributed by atoms with Gasteiger partial charge in [-0.3, -0.25) is 0 Å². The maximum Gasteiger partial charge on any atom is 0.219 e. The lowest BCUT2D eigenvalue weighted by Crippen LogP contribution is -2.46. The van der Waals surface area contributed by atoms with Crippen molar-refractivity contribution in [2.75, 3.05) is 19.8 Å². The lowest BCUT2D eigenvalue weighted by atomic mass is 10.1. The first-order valence-corrected chi connectivity index (χ1v) is 5.50. The molecule has 1 saturated heterocycles. The van der Waals surface area contributed by atoms with Crippen molar-refractivity contribution in [2.45, 2.75) is 43.9 Å². The van der Waals surface area contributed by atoms with Crippen molar-refractivity contribution in [3.63, 3.8) is 0 Å². The van der Waals surface area contributed by atoms with Gasteiger partial charge in [0.15, 0.2) is 0 Å². The van der Waals surface area contributed by atoms with E-state index in [2.05, 4.69) is 0 Å². The number of unbranched alkanes of at least 4 members (excludes halogenated alkanes) is 1. The summed E-state index contributed by atoms with van der Waals surface area (Å²) in [5.74, 6) is -2.09. The van der Waals surface area contributed by atoms with Gasteiger partial charge in [-0.15, -0.1) is 0 Å². The highest BCUT2D eigenvalue weighted by atomic mass is 16.7. The fourth-order valence-corrected chi connectivity index (χ4v) is 1.58. The maximum absolute atomic E-state index is 9.57. The van der Waals surface area contributed by atoms with Gasteiger partial charge in [0.2, 0.25) is 5.79 Å². The van der Waals surface area contributed by atoms with Crippen LogP contribution < -0.4 is 0 Å². The van der Waals surface area contributed by atoms with E-state index in [0.717, 1.165) is 12.8 Å². The second kappa shape index (κ2) is 5.90. The molecule has 1 aliphatic heterocycles. The van der Waals surface area contributed by atoms with E-state index in [4.69, 9.17) is 14.6 Å². The number of rotatable bonds is 6. The third-order valence-corrected chi connectivity index (χ3v) is 2.67. The number of ether oxygens (including phenoxy) is 2. The summed E-state index contributed by atoms with van der Waals surface area (Å²) in [7, 11) is 0. The van der Waals surface area contributed by atoms with Gasteiger partial charge in [-0.05, 0) is 6.42 Å². The zero-order chi connectivity index (χ0) is 12.2. The van der Waals surface area contributed by atoms with E-state index in [0.29, 0.717) is 6.61 Å². The molecular formula is C10H20O6. The van der Waals surface area contributed by atoms with Crippen LogP contribution in [0, 0.1) is 0 Å². The van der Waals surface area contributed by atoms with Crippen LogP contribution in [0.4, 0.5) is 0 Å². The molecule has 0 aliphatic carbocycles. The fourth-order valence-electron chi connectivity index (χ4n) is 1.58. The molecule has 0 radical (unpaired) electrons. The van der Waals surface area contributed by atoms with E-state index in [1.165, 1.54) is 0 Å². The minimum atomic E-state index is -2.09. The lowest BCUT2D eigenvalue weighted by molar-refractivity contribution is -0.249. The van der Waals surface area contributed by atoms with Crippen molar-refractivity contribution < 1.29 is 29.9 Å². The maximum atomic E-state index is 9.57. The topological polar surface area (TPSA) is 99.4 Å².